The van der Waals surface area contributed by atoms with Crippen LogP contribution in [0.2, 0.25) is 0 Å². The van der Waals surface area contributed by atoms with Crippen LogP contribution in [0.4, 0.5) is 4.79 Å². The first kappa shape index (κ1) is 23.9. The van der Waals surface area contributed by atoms with Crippen LogP contribution < -0.4 is 10.1 Å². The van der Waals surface area contributed by atoms with Gasteiger partial charge in [0.25, 0.3) is 5.91 Å². The van der Waals surface area contributed by atoms with Gasteiger partial charge in [0.1, 0.15) is 18.0 Å². The lowest BCUT2D eigenvalue weighted by Crippen LogP contribution is -2.51. The summed E-state index contributed by atoms with van der Waals surface area (Å²) < 4.78 is 5.96. The average molecular weight is 490 g/mol. The van der Waals surface area contributed by atoms with Crippen molar-refractivity contribution in [1.82, 2.24) is 24.9 Å². The van der Waals surface area contributed by atoms with Gasteiger partial charge in [-0.2, -0.15) is 0 Å². The summed E-state index contributed by atoms with van der Waals surface area (Å²) in [6.45, 7) is 6.33. The molecule has 0 radical (unpaired) electrons. The SMILES string of the molecule is CCN1CCN(C(=O)CN2CC3=C(C2=O)C(c2cccc(Oc4ccccc4)c2)NC(=O)N3C)CC1. The summed E-state index contributed by atoms with van der Waals surface area (Å²) in [6, 6.07) is 15.9. The van der Waals surface area contributed by atoms with Crippen molar-refractivity contribution in [2.45, 2.75) is 13.0 Å². The molecule has 0 bridgehead atoms. The second-order valence-corrected chi connectivity index (χ2v) is 9.27. The van der Waals surface area contributed by atoms with Crippen LogP contribution in [0.15, 0.2) is 65.9 Å². The van der Waals surface area contributed by atoms with Crippen LogP contribution in [0, 0.1) is 0 Å². The second kappa shape index (κ2) is 10.0. The predicted octanol–water partition coefficient (Wildman–Crippen LogP) is 2.44. The molecule has 9 heteroatoms. The zero-order valence-electron chi connectivity index (χ0n) is 20.6. The van der Waals surface area contributed by atoms with Gasteiger partial charge >= 0.3 is 6.03 Å². The van der Waals surface area contributed by atoms with Crippen molar-refractivity contribution in [3.8, 4) is 11.5 Å². The van der Waals surface area contributed by atoms with Gasteiger partial charge in [-0.25, -0.2) is 4.79 Å². The molecule has 5 rings (SSSR count). The van der Waals surface area contributed by atoms with E-state index in [2.05, 4.69) is 17.1 Å². The first-order valence-corrected chi connectivity index (χ1v) is 12.3. The summed E-state index contributed by atoms with van der Waals surface area (Å²) >= 11 is 0. The van der Waals surface area contributed by atoms with Crippen molar-refractivity contribution in [2.24, 2.45) is 0 Å². The molecule has 188 valence electrons. The maximum atomic E-state index is 13.5. The number of ether oxygens (including phenoxy) is 1. The maximum absolute atomic E-state index is 13.5. The lowest BCUT2D eigenvalue weighted by molar-refractivity contribution is -0.138. The van der Waals surface area contributed by atoms with Crippen LogP contribution >= 0.6 is 0 Å². The van der Waals surface area contributed by atoms with E-state index in [1.165, 1.54) is 4.90 Å². The Hall–Kier alpha value is -3.85. The Morgan fingerprint density at radius 3 is 2.44 bits per heavy atom. The van der Waals surface area contributed by atoms with Gasteiger partial charge in [-0.15, -0.1) is 0 Å². The lowest BCUT2D eigenvalue weighted by Gasteiger charge is -2.34. The monoisotopic (exact) mass is 489 g/mol. The fraction of sp³-hybridized carbons (Fsp3) is 0.370. The predicted molar refractivity (Wildman–Crippen MR) is 134 cm³/mol. The Kier molecular flexibility index (Phi) is 6.65. The first-order valence-electron chi connectivity index (χ1n) is 12.3. The number of hydrogen-bond acceptors (Lipinski definition) is 5. The van der Waals surface area contributed by atoms with Crippen molar-refractivity contribution in [2.75, 3.05) is 52.9 Å². The Labute approximate surface area is 210 Å². The van der Waals surface area contributed by atoms with Crippen LogP contribution in [0.3, 0.4) is 0 Å². The highest BCUT2D eigenvalue weighted by Gasteiger charge is 2.43. The molecule has 3 aliphatic rings. The van der Waals surface area contributed by atoms with E-state index in [0.29, 0.717) is 35.9 Å². The molecule has 2 aromatic rings. The number of benzene rings is 2. The van der Waals surface area contributed by atoms with Gasteiger partial charge in [0.05, 0.1) is 23.9 Å². The number of likely N-dealkylation sites (N-methyl/N-ethyl adjacent to an activating group) is 2. The van der Waals surface area contributed by atoms with Crippen molar-refractivity contribution >= 4 is 17.8 Å². The number of nitrogens with zero attached hydrogens (tertiary/aromatic N) is 4. The smallest absolute Gasteiger partial charge is 0.322 e. The molecule has 0 spiro atoms. The minimum absolute atomic E-state index is 0.00384. The molecule has 9 nitrogen and oxygen atoms in total. The quantitative estimate of drug-likeness (QED) is 0.674. The normalized spacial score (nSPS) is 20.5. The van der Waals surface area contributed by atoms with Gasteiger partial charge in [-0.1, -0.05) is 37.3 Å². The number of nitrogens with one attached hydrogen (secondary N) is 1. The van der Waals surface area contributed by atoms with E-state index in [1.54, 1.807) is 11.9 Å². The van der Waals surface area contributed by atoms with Crippen LogP contribution in [0.25, 0.3) is 0 Å². The number of carbonyl (C=O) groups is 3. The number of rotatable bonds is 6. The van der Waals surface area contributed by atoms with E-state index in [-0.39, 0.29) is 30.9 Å². The fourth-order valence-corrected chi connectivity index (χ4v) is 4.96. The second-order valence-electron chi connectivity index (χ2n) is 9.27. The standard InChI is InChI=1S/C27H31N5O4/c1-3-30-12-14-31(15-13-30)23(33)18-32-17-22-24(26(32)34)25(28-27(35)29(22)2)19-8-7-11-21(16-19)36-20-9-5-4-6-10-20/h4-11,16,25H,3,12-15,17-18H2,1-2H3,(H,28,35). The topological polar surface area (TPSA) is 85.4 Å². The lowest BCUT2D eigenvalue weighted by atomic mass is 9.95. The minimum Gasteiger partial charge on any atom is -0.457 e. The largest absolute Gasteiger partial charge is 0.457 e. The van der Waals surface area contributed by atoms with Gasteiger partial charge in [0, 0.05) is 33.2 Å². The van der Waals surface area contributed by atoms with Crippen molar-refractivity contribution < 1.29 is 19.1 Å². The Bertz CT molecular complexity index is 1190. The van der Waals surface area contributed by atoms with Crippen LogP contribution in [0.1, 0.15) is 18.5 Å². The molecular weight excluding hydrogens is 458 g/mol. The Morgan fingerprint density at radius 2 is 1.72 bits per heavy atom. The molecule has 1 saturated heterocycles. The molecule has 0 aliphatic carbocycles. The number of piperazine rings is 1. The average Bonchev–Trinajstić information content (AvgIpc) is 3.23. The summed E-state index contributed by atoms with van der Waals surface area (Å²) in [4.78, 5) is 46.5. The highest BCUT2D eigenvalue weighted by Crippen LogP contribution is 2.37. The molecule has 4 amide bonds. The third kappa shape index (κ3) is 4.66. The van der Waals surface area contributed by atoms with Crippen LogP contribution in [0.5, 0.6) is 11.5 Å². The van der Waals surface area contributed by atoms with Gasteiger partial charge in [0.15, 0.2) is 0 Å². The molecule has 1 unspecified atom stereocenters. The van der Waals surface area contributed by atoms with E-state index in [4.69, 9.17) is 4.74 Å². The molecule has 2 aromatic carbocycles. The third-order valence-corrected chi connectivity index (χ3v) is 7.10. The summed E-state index contributed by atoms with van der Waals surface area (Å²) in [5, 5.41) is 2.95. The fourth-order valence-electron chi connectivity index (χ4n) is 4.96. The molecule has 1 N–H and O–H groups in total. The summed E-state index contributed by atoms with van der Waals surface area (Å²) in [5.74, 6) is 1.02. The number of para-hydroxylation sites is 1. The van der Waals surface area contributed by atoms with E-state index in [0.717, 1.165) is 25.2 Å². The molecule has 1 atom stereocenters. The maximum Gasteiger partial charge on any atom is 0.322 e. The van der Waals surface area contributed by atoms with Crippen molar-refractivity contribution in [3.05, 3.63) is 71.4 Å². The van der Waals surface area contributed by atoms with E-state index >= 15 is 0 Å². The summed E-state index contributed by atoms with van der Waals surface area (Å²) in [7, 11) is 1.65. The number of hydrogen-bond donors (Lipinski definition) is 1. The van der Waals surface area contributed by atoms with Crippen LogP contribution in [-0.4, -0.2) is 90.3 Å². The Balaban J connectivity index is 1.34. The van der Waals surface area contributed by atoms with Gasteiger partial charge in [0.2, 0.25) is 5.91 Å². The third-order valence-electron chi connectivity index (χ3n) is 7.10. The molecule has 0 saturated carbocycles. The number of urea groups is 1. The van der Waals surface area contributed by atoms with Gasteiger partial charge in [-0.05, 0) is 36.4 Å². The Morgan fingerprint density at radius 1 is 1.00 bits per heavy atom. The van der Waals surface area contributed by atoms with Crippen molar-refractivity contribution in [3.63, 3.8) is 0 Å². The highest BCUT2D eigenvalue weighted by atomic mass is 16.5. The van der Waals surface area contributed by atoms with E-state index < -0.39 is 6.04 Å². The number of carbonyl (C=O) groups excluding carboxylic acids is 3. The summed E-state index contributed by atoms with van der Waals surface area (Å²) in [5.41, 5.74) is 1.87. The minimum atomic E-state index is -0.622. The molecule has 0 aromatic heterocycles. The van der Waals surface area contributed by atoms with E-state index in [1.807, 2.05) is 59.5 Å². The summed E-state index contributed by atoms with van der Waals surface area (Å²) in [6.07, 6.45) is 0. The van der Waals surface area contributed by atoms with Crippen molar-refractivity contribution in [1.29, 1.82) is 0 Å². The molecular formula is C27H31N5O4. The molecule has 3 aliphatic heterocycles. The van der Waals surface area contributed by atoms with Gasteiger partial charge < -0.3 is 24.8 Å². The zero-order valence-corrected chi connectivity index (χ0v) is 20.6. The molecule has 36 heavy (non-hydrogen) atoms. The molecule has 1 fully saturated rings. The van der Waals surface area contributed by atoms with Gasteiger partial charge in [-0.3, -0.25) is 14.5 Å². The number of amides is 4. The van der Waals surface area contributed by atoms with E-state index in [9.17, 15) is 14.4 Å². The highest BCUT2D eigenvalue weighted by molar-refractivity contribution is 6.03. The zero-order chi connectivity index (χ0) is 25.2. The first-order chi connectivity index (χ1) is 17.4. The van der Waals surface area contributed by atoms with Crippen LogP contribution in [-0.2, 0) is 9.59 Å². The molecule has 3 heterocycles.